The van der Waals surface area contributed by atoms with Crippen LogP contribution in [-0.4, -0.2) is 68.3 Å². The Morgan fingerprint density at radius 2 is 2.00 bits per heavy atom. The summed E-state index contributed by atoms with van der Waals surface area (Å²) in [4.78, 5) is 19.4. The molecule has 11 heteroatoms. The van der Waals surface area contributed by atoms with Crippen LogP contribution in [0.25, 0.3) is 0 Å². The topological polar surface area (TPSA) is 106 Å². The molecule has 2 aliphatic heterocycles. The molecule has 2 unspecified atom stereocenters. The highest BCUT2D eigenvalue weighted by Crippen LogP contribution is 2.33. The maximum Gasteiger partial charge on any atom is 0.412 e. The van der Waals surface area contributed by atoms with Crippen molar-refractivity contribution in [3.8, 4) is 0 Å². The third-order valence-corrected chi connectivity index (χ3v) is 5.66. The van der Waals surface area contributed by atoms with E-state index >= 15 is 0 Å². The summed E-state index contributed by atoms with van der Waals surface area (Å²) in [5.41, 5.74) is -1.34. The fourth-order valence-electron chi connectivity index (χ4n) is 4.30. The summed E-state index contributed by atoms with van der Waals surface area (Å²) in [5.74, 6) is 2.60. The molecule has 1 aromatic heterocycles. The van der Waals surface area contributed by atoms with Gasteiger partial charge in [0.15, 0.2) is 11.8 Å². The molecule has 2 N–H and O–H groups in total. The molecule has 10 nitrogen and oxygen atoms in total. The highest BCUT2D eigenvalue weighted by atomic mass is 127. The number of rotatable bonds is 5. The quantitative estimate of drug-likeness (QED) is 0.315. The Labute approximate surface area is 214 Å². The second-order valence-corrected chi connectivity index (χ2v) is 9.90. The summed E-state index contributed by atoms with van der Waals surface area (Å²) in [6.07, 6.45) is 2.76. The lowest BCUT2D eigenvalue weighted by Gasteiger charge is -2.35. The number of carbonyl (C=O) groups excluding carboxylic acids is 1. The summed E-state index contributed by atoms with van der Waals surface area (Å²) in [7, 11) is 0. The molecule has 3 heterocycles. The minimum atomic E-state index is -0.760. The van der Waals surface area contributed by atoms with Gasteiger partial charge in [-0.1, -0.05) is 0 Å². The standard InChI is InChI=1S/C22H39N7O3.HI/c1-8-23-19(25-14-18-27-26-17-11-9-10-12-28(17)18)24-13-16-15(2)31-22(6,7)29(16)20(30)32-21(3,4)5;/h15-16H,8-14H2,1-7H3,(H2,23,24,25);1H. The third kappa shape index (κ3) is 6.93. The predicted octanol–water partition coefficient (Wildman–Crippen LogP) is 3.05. The van der Waals surface area contributed by atoms with Gasteiger partial charge in [-0.05, 0) is 61.3 Å². The molecule has 0 radical (unpaired) electrons. The van der Waals surface area contributed by atoms with E-state index in [-0.39, 0.29) is 42.2 Å². The number of hydrogen-bond acceptors (Lipinski definition) is 6. The molecule has 33 heavy (non-hydrogen) atoms. The monoisotopic (exact) mass is 577 g/mol. The van der Waals surface area contributed by atoms with Crippen LogP contribution in [0.4, 0.5) is 4.79 Å². The van der Waals surface area contributed by atoms with Crippen molar-refractivity contribution in [3.63, 3.8) is 0 Å². The van der Waals surface area contributed by atoms with E-state index < -0.39 is 11.3 Å². The number of aryl methyl sites for hydroxylation is 1. The maximum absolute atomic E-state index is 13.0. The normalized spacial score (nSPS) is 22.4. The number of aromatic nitrogens is 3. The van der Waals surface area contributed by atoms with Gasteiger partial charge >= 0.3 is 6.09 Å². The van der Waals surface area contributed by atoms with Crippen molar-refractivity contribution in [2.45, 2.75) is 104 Å². The number of nitrogens with zero attached hydrogens (tertiary/aromatic N) is 5. The largest absolute Gasteiger partial charge is 0.444 e. The highest BCUT2D eigenvalue weighted by molar-refractivity contribution is 14.0. The van der Waals surface area contributed by atoms with Gasteiger partial charge in [-0.25, -0.2) is 9.79 Å². The fourth-order valence-corrected chi connectivity index (χ4v) is 4.30. The van der Waals surface area contributed by atoms with Crippen LogP contribution >= 0.6 is 24.0 Å². The van der Waals surface area contributed by atoms with Crippen molar-refractivity contribution in [1.82, 2.24) is 30.3 Å². The van der Waals surface area contributed by atoms with E-state index in [2.05, 4.69) is 25.4 Å². The first kappa shape index (κ1) is 27.6. The first-order chi connectivity index (χ1) is 15.0. The first-order valence-electron chi connectivity index (χ1n) is 11.6. The number of ether oxygens (including phenoxy) is 2. The summed E-state index contributed by atoms with van der Waals surface area (Å²) in [6.45, 7) is 16.0. The number of fused-ring (bicyclic) bond motifs is 1. The molecule has 1 aromatic rings. The third-order valence-electron chi connectivity index (χ3n) is 5.66. The molecule has 1 fully saturated rings. The number of hydrogen-bond donors (Lipinski definition) is 2. The molecule has 0 aliphatic carbocycles. The van der Waals surface area contributed by atoms with Gasteiger partial charge in [0.1, 0.15) is 23.7 Å². The molecule has 0 spiro atoms. The molecule has 0 saturated carbocycles. The van der Waals surface area contributed by atoms with Gasteiger partial charge < -0.3 is 24.7 Å². The Morgan fingerprint density at radius 1 is 1.27 bits per heavy atom. The van der Waals surface area contributed by atoms with E-state index in [4.69, 9.17) is 14.5 Å². The molecular weight excluding hydrogens is 537 g/mol. The Balaban J connectivity index is 0.00000385. The molecule has 1 saturated heterocycles. The number of nitrogens with one attached hydrogen (secondary N) is 2. The summed E-state index contributed by atoms with van der Waals surface area (Å²) >= 11 is 0. The van der Waals surface area contributed by atoms with Crippen LogP contribution in [0.5, 0.6) is 0 Å². The van der Waals surface area contributed by atoms with Gasteiger partial charge in [-0.2, -0.15) is 0 Å². The van der Waals surface area contributed by atoms with Crippen molar-refractivity contribution >= 4 is 36.0 Å². The zero-order chi connectivity index (χ0) is 23.5. The van der Waals surface area contributed by atoms with E-state index in [0.717, 1.165) is 44.0 Å². The summed E-state index contributed by atoms with van der Waals surface area (Å²) in [6, 6.07) is -0.204. The molecule has 1 amide bonds. The van der Waals surface area contributed by atoms with Crippen LogP contribution in [0.3, 0.4) is 0 Å². The van der Waals surface area contributed by atoms with Crippen molar-refractivity contribution in [1.29, 1.82) is 0 Å². The van der Waals surface area contributed by atoms with Crippen LogP contribution in [0.1, 0.15) is 73.0 Å². The van der Waals surface area contributed by atoms with Crippen LogP contribution in [0.15, 0.2) is 4.99 Å². The zero-order valence-electron chi connectivity index (χ0n) is 21.0. The van der Waals surface area contributed by atoms with Crippen LogP contribution < -0.4 is 10.6 Å². The number of aliphatic imine (C=N–C) groups is 1. The maximum atomic E-state index is 13.0. The lowest BCUT2D eigenvalue weighted by Crippen LogP contribution is -2.54. The SMILES string of the molecule is CCNC(=NCc1nnc2n1CCCC2)NCC1C(C)OC(C)(C)N1C(=O)OC(C)(C)C.I. The molecule has 3 rings (SSSR count). The predicted molar refractivity (Wildman–Crippen MR) is 138 cm³/mol. The Kier molecular flexibility index (Phi) is 9.37. The van der Waals surface area contributed by atoms with Crippen molar-refractivity contribution in [2.24, 2.45) is 4.99 Å². The number of halogens is 1. The average molecular weight is 578 g/mol. The number of carbonyl (C=O) groups is 1. The summed E-state index contributed by atoms with van der Waals surface area (Å²) < 4.78 is 13.9. The zero-order valence-corrected chi connectivity index (χ0v) is 23.3. The van der Waals surface area contributed by atoms with E-state index in [1.165, 1.54) is 0 Å². The van der Waals surface area contributed by atoms with Gasteiger partial charge in [-0.3, -0.25) is 4.90 Å². The van der Waals surface area contributed by atoms with Gasteiger partial charge in [0.05, 0.1) is 12.1 Å². The summed E-state index contributed by atoms with van der Waals surface area (Å²) in [5, 5.41) is 15.3. The highest BCUT2D eigenvalue weighted by Gasteiger charge is 2.49. The number of guanidine groups is 1. The van der Waals surface area contributed by atoms with E-state index in [1.807, 2.05) is 48.5 Å². The van der Waals surface area contributed by atoms with E-state index in [1.54, 1.807) is 4.90 Å². The van der Waals surface area contributed by atoms with Crippen LogP contribution in [0, 0.1) is 0 Å². The molecule has 0 aromatic carbocycles. The molecule has 2 atom stereocenters. The second kappa shape index (κ2) is 11.2. The van der Waals surface area contributed by atoms with Crippen molar-refractivity contribution in [2.75, 3.05) is 13.1 Å². The number of amides is 1. The lowest BCUT2D eigenvalue weighted by atomic mass is 10.1. The molecular formula is C22H40IN7O3. The lowest BCUT2D eigenvalue weighted by molar-refractivity contribution is -0.0755. The van der Waals surface area contributed by atoms with Gasteiger partial charge in [0.25, 0.3) is 0 Å². The molecule has 2 aliphatic rings. The van der Waals surface area contributed by atoms with Crippen LogP contribution in [-0.2, 0) is 29.0 Å². The smallest absolute Gasteiger partial charge is 0.412 e. The van der Waals surface area contributed by atoms with E-state index in [0.29, 0.717) is 19.0 Å². The van der Waals surface area contributed by atoms with Crippen molar-refractivity contribution in [3.05, 3.63) is 11.6 Å². The first-order valence-corrected chi connectivity index (χ1v) is 11.6. The minimum Gasteiger partial charge on any atom is -0.444 e. The minimum absolute atomic E-state index is 0. The Morgan fingerprint density at radius 3 is 2.67 bits per heavy atom. The van der Waals surface area contributed by atoms with Gasteiger partial charge in [0, 0.05) is 26.1 Å². The Hall–Kier alpha value is -1.63. The van der Waals surface area contributed by atoms with Crippen LogP contribution in [0.2, 0.25) is 0 Å². The average Bonchev–Trinajstić information content (AvgIpc) is 3.19. The van der Waals surface area contributed by atoms with Crippen molar-refractivity contribution < 1.29 is 14.3 Å². The molecule has 188 valence electrons. The fraction of sp³-hybridized carbons (Fsp3) is 0.818. The molecule has 0 bridgehead atoms. The van der Waals surface area contributed by atoms with Gasteiger partial charge in [-0.15, -0.1) is 34.2 Å². The Bertz CT molecular complexity index is 834. The second-order valence-electron chi connectivity index (χ2n) is 9.90. The van der Waals surface area contributed by atoms with Gasteiger partial charge in [0.2, 0.25) is 0 Å². The van der Waals surface area contributed by atoms with E-state index in [9.17, 15) is 4.79 Å².